The number of ether oxygens (including phenoxy) is 1. The first-order valence-corrected chi connectivity index (χ1v) is 9.23. The molecule has 2 heterocycles. The fourth-order valence-corrected chi connectivity index (χ4v) is 3.02. The van der Waals surface area contributed by atoms with Crippen LogP contribution in [-0.4, -0.2) is 31.2 Å². The maximum atomic E-state index is 12.9. The summed E-state index contributed by atoms with van der Waals surface area (Å²) in [6.07, 6.45) is 1.67. The lowest BCUT2D eigenvalue weighted by Gasteiger charge is -2.10. The molecule has 4 aromatic rings. The number of carbonyl (C=O) groups excluding carboxylic acids is 1. The van der Waals surface area contributed by atoms with E-state index >= 15 is 0 Å². The van der Waals surface area contributed by atoms with Gasteiger partial charge in [-0.05, 0) is 41.1 Å². The van der Waals surface area contributed by atoms with Gasteiger partial charge in [0.1, 0.15) is 11.8 Å². The lowest BCUT2D eigenvalue weighted by atomic mass is 10.1. The fourth-order valence-electron chi connectivity index (χ4n) is 2.82. The molecule has 0 bridgehead atoms. The number of esters is 1. The normalized spacial score (nSPS) is 11.6. The average Bonchev–Trinajstić information content (AvgIpc) is 3.16. The van der Waals surface area contributed by atoms with Crippen LogP contribution >= 0.6 is 11.6 Å². The Balaban J connectivity index is 1.61. The summed E-state index contributed by atoms with van der Waals surface area (Å²) in [4.78, 5) is 17.2. The third kappa shape index (κ3) is 4.14. The number of tetrazole rings is 1. The van der Waals surface area contributed by atoms with E-state index in [2.05, 4.69) is 20.5 Å². The highest BCUT2D eigenvalue weighted by molar-refractivity contribution is 6.30. The zero-order valence-corrected chi connectivity index (χ0v) is 16.2. The molecule has 0 saturated carbocycles. The summed E-state index contributed by atoms with van der Waals surface area (Å²) in [6, 6.07) is 18.9. The summed E-state index contributed by atoms with van der Waals surface area (Å²) in [5, 5.41) is 12.6. The van der Waals surface area contributed by atoms with E-state index < -0.39 is 5.97 Å². The molecule has 0 fully saturated rings. The van der Waals surface area contributed by atoms with Crippen LogP contribution in [0.25, 0.3) is 22.7 Å². The molecule has 0 aliphatic carbocycles. The van der Waals surface area contributed by atoms with Crippen molar-refractivity contribution in [1.82, 2.24) is 25.2 Å². The minimum Gasteiger partial charge on any atom is -0.456 e. The molecule has 0 aliphatic rings. The lowest BCUT2D eigenvalue weighted by molar-refractivity contribution is -0.138. The largest absolute Gasteiger partial charge is 0.456 e. The molecule has 2 aromatic heterocycles. The molecule has 0 N–H and O–H groups in total. The Hall–Kier alpha value is -3.58. The van der Waals surface area contributed by atoms with Crippen molar-refractivity contribution in [3.63, 3.8) is 0 Å². The number of fused-ring (bicyclic) bond motifs is 1. The first-order valence-electron chi connectivity index (χ1n) is 8.85. The van der Waals surface area contributed by atoms with Gasteiger partial charge in [-0.2, -0.15) is 4.68 Å². The van der Waals surface area contributed by atoms with Gasteiger partial charge < -0.3 is 4.74 Å². The number of rotatable bonds is 5. The summed E-state index contributed by atoms with van der Waals surface area (Å²) in [5.74, 6) is -0.108. The Morgan fingerprint density at radius 1 is 1.14 bits per heavy atom. The summed E-state index contributed by atoms with van der Waals surface area (Å²) >= 11 is 6.27. The third-order valence-corrected chi connectivity index (χ3v) is 4.60. The van der Waals surface area contributed by atoms with Gasteiger partial charge in [0, 0.05) is 10.9 Å². The van der Waals surface area contributed by atoms with Crippen LogP contribution in [0.3, 0.4) is 0 Å². The zero-order valence-electron chi connectivity index (χ0n) is 15.5. The minimum atomic E-state index is -0.575. The highest BCUT2D eigenvalue weighted by atomic mass is 35.5. The van der Waals surface area contributed by atoms with Gasteiger partial charge >= 0.3 is 5.97 Å². The molecular weight excluding hydrogens is 390 g/mol. The van der Waals surface area contributed by atoms with Crippen molar-refractivity contribution in [1.29, 1.82) is 0 Å². The van der Waals surface area contributed by atoms with Crippen molar-refractivity contribution in [3.8, 4) is 0 Å². The highest BCUT2D eigenvalue weighted by Gasteiger charge is 2.18. The van der Waals surface area contributed by atoms with Crippen LogP contribution < -0.4 is 0 Å². The number of hydrogen-bond donors (Lipinski definition) is 0. The van der Waals surface area contributed by atoms with E-state index in [0.29, 0.717) is 16.5 Å². The van der Waals surface area contributed by atoms with Gasteiger partial charge in [-0.15, -0.1) is 5.10 Å². The monoisotopic (exact) mass is 405 g/mol. The third-order valence-electron chi connectivity index (χ3n) is 4.27. The molecule has 4 rings (SSSR count). The summed E-state index contributed by atoms with van der Waals surface area (Å²) in [6.45, 7) is 1.68. The van der Waals surface area contributed by atoms with E-state index in [-0.39, 0.29) is 12.3 Å². The molecule has 0 radical (unpaired) electrons. The van der Waals surface area contributed by atoms with Crippen molar-refractivity contribution < 1.29 is 9.53 Å². The second-order valence-corrected chi connectivity index (χ2v) is 6.64. The van der Waals surface area contributed by atoms with Crippen molar-refractivity contribution >= 4 is 40.2 Å². The number of pyridine rings is 1. The highest BCUT2D eigenvalue weighted by Crippen LogP contribution is 2.22. The molecule has 144 valence electrons. The molecule has 0 saturated heterocycles. The van der Waals surface area contributed by atoms with Crippen LogP contribution in [0.2, 0.25) is 5.15 Å². The summed E-state index contributed by atoms with van der Waals surface area (Å²) in [5.41, 5.74) is 2.41. The van der Waals surface area contributed by atoms with Gasteiger partial charge in [-0.3, -0.25) is 0 Å². The number of halogens is 1. The Morgan fingerprint density at radius 3 is 2.66 bits per heavy atom. The summed E-state index contributed by atoms with van der Waals surface area (Å²) < 4.78 is 6.87. The molecule has 0 amide bonds. The topological polar surface area (TPSA) is 82.8 Å². The molecule has 7 nitrogen and oxygen atoms in total. The van der Waals surface area contributed by atoms with Crippen molar-refractivity contribution in [2.24, 2.45) is 0 Å². The molecule has 0 unspecified atom stereocenters. The van der Waals surface area contributed by atoms with E-state index in [0.717, 1.165) is 16.5 Å². The van der Waals surface area contributed by atoms with Crippen LogP contribution in [0.15, 0.2) is 60.7 Å². The van der Waals surface area contributed by atoms with Crippen molar-refractivity contribution in [2.75, 3.05) is 0 Å². The maximum Gasteiger partial charge on any atom is 0.357 e. The summed E-state index contributed by atoms with van der Waals surface area (Å²) in [7, 11) is 0. The van der Waals surface area contributed by atoms with Crippen LogP contribution in [0.1, 0.15) is 17.0 Å². The van der Waals surface area contributed by atoms with Crippen LogP contribution in [-0.2, 0) is 16.1 Å². The first kappa shape index (κ1) is 18.8. The molecular formula is C21H16ClN5O2. The molecule has 0 aliphatic heterocycles. The molecule has 2 aromatic carbocycles. The van der Waals surface area contributed by atoms with Crippen molar-refractivity contribution in [3.05, 3.63) is 82.8 Å². The SMILES string of the molecule is Cc1nnnn1/C(=C\c1ccccc1)C(=O)OCc1cc2ccccc2nc1Cl. The van der Waals surface area contributed by atoms with Crippen LogP contribution in [0.5, 0.6) is 0 Å². The Labute approximate surface area is 171 Å². The fraction of sp³-hybridized carbons (Fsp3) is 0.0952. The number of hydrogen-bond acceptors (Lipinski definition) is 6. The predicted octanol–water partition coefficient (Wildman–Crippen LogP) is 3.92. The Morgan fingerprint density at radius 2 is 1.90 bits per heavy atom. The minimum absolute atomic E-state index is 0.0250. The van der Waals surface area contributed by atoms with Crippen molar-refractivity contribution in [2.45, 2.75) is 13.5 Å². The number of carbonyl (C=O) groups is 1. The number of nitrogens with zero attached hydrogens (tertiary/aromatic N) is 5. The van der Waals surface area contributed by atoms with E-state index in [1.165, 1.54) is 4.68 Å². The average molecular weight is 406 g/mol. The molecule has 0 atom stereocenters. The van der Waals surface area contributed by atoms with E-state index in [9.17, 15) is 4.79 Å². The number of aromatic nitrogens is 5. The van der Waals surface area contributed by atoms with Gasteiger partial charge in [0.2, 0.25) is 0 Å². The zero-order chi connectivity index (χ0) is 20.2. The van der Waals surface area contributed by atoms with E-state index in [1.807, 2.05) is 60.7 Å². The molecule has 8 heteroatoms. The van der Waals surface area contributed by atoms with Gasteiger partial charge in [0.25, 0.3) is 0 Å². The standard InChI is InChI=1S/C21H16ClN5O2/c1-14-24-25-26-27(14)19(11-15-7-3-2-4-8-15)21(28)29-13-17-12-16-9-5-6-10-18(16)23-20(17)22/h2-12H,13H2,1H3/b19-11-. The first-order chi connectivity index (χ1) is 14.1. The Kier molecular flexibility index (Phi) is 5.31. The van der Waals surface area contributed by atoms with E-state index in [1.54, 1.807) is 13.0 Å². The molecule has 29 heavy (non-hydrogen) atoms. The number of benzene rings is 2. The van der Waals surface area contributed by atoms with Crippen LogP contribution in [0, 0.1) is 6.92 Å². The smallest absolute Gasteiger partial charge is 0.357 e. The second kappa shape index (κ2) is 8.20. The van der Waals surface area contributed by atoms with Crippen LogP contribution in [0.4, 0.5) is 0 Å². The van der Waals surface area contributed by atoms with Gasteiger partial charge in [-0.25, -0.2) is 9.78 Å². The van der Waals surface area contributed by atoms with Gasteiger partial charge in [0.05, 0.1) is 5.52 Å². The number of aryl methyl sites for hydroxylation is 1. The predicted molar refractivity (Wildman–Crippen MR) is 110 cm³/mol. The number of para-hydroxylation sites is 1. The van der Waals surface area contributed by atoms with Gasteiger partial charge in [-0.1, -0.05) is 60.1 Å². The Bertz CT molecular complexity index is 1200. The van der Waals surface area contributed by atoms with Gasteiger partial charge in [0.15, 0.2) is 11.5 Å². The second-order valence-electron chi connectivity index (χ2n) is 6.29. The molecule has 0 spiro atoms. The lowest BCUT2D eigenvalue weighted by Crippen LogP contribution is -2.15. The van der Waals surface area contributed by atoms with E-state index in [4.69, 9.17) is 16.3 Å². The quantitative estimate of drug-likeness (QED) is 0.284. The maximum absolute atomic E-state index is 12.9.